The van der Waals surface area contributed by atoms with Crippen molar-refractivity contribution in [1.82, 2.24) is 30.1 Å². The maximum Gasteiger partial charge on any atom is 0.255 e. The quantitative estimate of drug-likeness (QED) is 0.681. The molecule has 0 unspecified atom stereocenters. The lowest BCUT2D eigenvalue weighted by atomic mass is 9.95. The fraction of sp³-hybridized carbons (Fsp3) is 0.640. The molecular weight excluding hydrogens is 432 g/mol. The highest BCUT2D eigenvalue weighted by Crippen LogP contribution is 2.39. The van der Waals surface area contributed by atoms with Gasteiger partial charge in [0.05, 0.1) is 23.4 Å². The molecule has 9 nitrogen and oxygen atoms in total. The van der Waals surface area contributed by atoms with E-state index < -0.39 is 6.04 Å². The molecule has 0 aromatic carbocycles. The van der Waals surface area contributed by atoms with Crippen LogP contribution < -0.4 is 5.32 Å². The summed E-state index contributed by atoms with van der Waals surface area (Å²) >= 11 is 0. The molecule has 6 rings (SSSR count). The molecule has 9 heteroatoms. The van der Waals surface area contributed by atoms with Crippen LogP contribution in [0.15, 0.2) is 12.4 Å². The van der Waals surface area contributed by atoms with Gasteiger partial charge in [-0.05, 0) is 57.3 Å². The second kappa shape index (κ2) is 8.67. The number of aromatic amines is 1. The lowest BCUT2D eigenvalue weighted by Crippen LogP contribution is -2.54. The van der Waals surface area contributed by atoms with Crippen molar-refractivity contribution in [2.24, 2.45) is 11.8 Å². The van der Waals surface area contributed by atoms with E-state index in [0.29, 0.717) is 35.7 Å². The number of amides is 3. The number of fused-ring (bicyclic) bond motifs is 1. The first-order valence-electron chi connectivity index (χ1n) is 12.8. The van der Waals surface area contributed by atoms with Gasteiger partial charge in [0.2, 0.25) is 11.8 Å². The number of hydrogen-bond donors (Lipinski definition) is 2. The minimum Gasteiger partial charge on any atom is -0.344 e. The highest BCUT2D eigenvalue weighted by molar-refractivity contribution is 6.06. The third-order valence-electron chi connectivity index (χ3n) is 7.79. The number of rotatable bonds is 6. The molecule has 180 valence electrons. The molecule has 2 aliphatic heterocycles. The number of carbonyl (C=O) groups excluding carboxylic acids is 3. The topological polar surface area (TPSA) is 111 Å². The van der Waals surface area contributed by atoms with Crippen LogP contribution in [0.4, 0.5) is 0 Å². The van der Waals surface area contributed by atoms with E-state index in [-0.39, 0.29) is 29.6 Å². The van der Waals surface area contributed by atoms with Gasteiger partial charge in [-0.25, -0.2) is 9.97 Å². The average Bonchev–Trinajstić information content (AvgIpc) is 3.79. The third-order valence-corrected chi connectivity index (χ3v) is 7.79. The number of piperidine rings is 1. The number of aromatic nitrogens is 3. The van der Waals surface area contributed by atoms with Crippen molar-refractivity contribution in [2.45, 2.75) is 63.3 Å². The molecule has 2 aliphatic carbocycles. The highest BCUT2D eigenvalue weighted by atomic mass is 16.2. The lowest BCUT2D eigenvalue weighted by molar-refractivity contribution is -0.141. The number of hydrogen-bond acceptors (Lipinski definition) is 5. The number of H-pyrrole nitrogens is 1. The van der Waals surface area contributed by atoms with Gasteiger partial charge in [-0.2, -0.15) is 0 Å². The van der Waals surface area contributed by atoms with Gasteiger partial charge in [0, 0.05) is 38.3 Å². The van der Waals surface area contributed by atoms with Gasteiger partial charge in [-0.15, -0.1) is 0 Å². The summed E-state index contributed by atoms with van der Waals surface area (Å²) in [6.45, 7) is 2.77. The Morgan fingerprint density at radius 1 is 1.00 bits per heavy atom. The second-order valence-electron chi connectivity index (χ2n) is 10.4. The van der Waals surface area contributed by atoms with E-state index in [1.165, 1.54) is 0 Å². The van der Waals surface area contributed by atoms with Gasteiger partial charge in [0.25, 0.3) is 5.91 Å². The van der Waals surface area contributed by atoms with E-state index in [4.69, 9.17) is 4.98 Å². The molecule has 2 N–H and O–H groups in total. The van der Waals surface area contributed by atoms with E-state index in [1.807, 2.05) is 9.80 Å². The van der Waals surface area contributed by atoms with Crippen LogP contribution in [0.25, 0.3) is 11.2 Å². The summed E-state index contributed by atoms with van der Waals surface area (Å²) in [7, 11) is 0. The molecule has 4 aliphatic rings. The molecule has 0 bridgehead atoms. The van der Waals surface area contributed by atoms with Crippen LogP contribution in [0.3, 0.4) is 0 Å². The van der Waals surface area contributed by atoms with Gasteiger partial charge in [0.1, 0.15) is 11.6 Å². The molecule has 2 saturated carbocycles. The fourth-order valence-corrected chi connectivity index (χ4v) is 5.45. The molecule has 34 heavy (non-hydrogen) atoms. The number of carbonyl (C=O) groups is 3. The van der Waals surface area contributed by atoms with E-state index >= 15 is 0 Å². The molecule has 4 fully saturated rings. The van der Waals surface area contributed by atoms with Gasteiger partial charge in [-0.3, -0.25) is 14.4 Å². The summed E-state index contributed by atoms with van der Waals surface area (Å²) < 4.78 is 0. The van der Waals surface area contributed by atoms with Crippen LogP contribution in [0.1, 0.15) is 73.3 Å². The van der Waals surface area contributed by atoms with Crippen LogP contribution in [-0.4, -0.2) is 74.7 Å². The average molecular weight is 465 g/mol. The Balaban J connectivity index is 1.16. The first-order chi connectivity index (χ1) is 16.6. The lowest BCUT2D eigenvalue weighted by Gasteiger charge is -2.36. The molecule has 4 heterocycles. The molecule has 0 spiro atoms. The Bertz CT molecular complexity index is 1120. The van der Waals surface area contributed by atoms with E-state index in [9.17, 15) is 14.4 Å². The van der Waals surface area contributed by atoms with Crippen LogP contribution in [0, 0.1) is 11.8 Å². The van der Waals surface area contributed by atoms with E-state index in [1.54, 1.807) is 12.4 Å². The Hall–Kier alpha value is -2.97. The van der Waals surface area contributed by atoms with Crippen LogP contribution in [-0.2, 0) is 9.59 Å². The van der Waals surface area contributed by atoms with E-state index in [2.05, 4.69) is 15.3 Å². The number of nitrogens with one attached hydrogen (secondary N) is 2. The zero-order valence-electron chi connectivity index (χ0n) is 19.5. The summed E-state index contributed by atoms with van der Waals surface area (Å²) in [4.78, 5) is 55.7. The van der Waals surface area contributed by atoms with Gasteiger partial charge < -0.3 is 20.1 Å². The number of likely N-dealkylation sites (tertiary alicyclic amines) is 2. The summed E-state index contributed by atoms with van der Waals surface area (Å²) in [5, 5.41) is 3.02. The van der Waals surface area contributed by atoms with Crippen LogP contribution in [0.2, 0.25) is 0 Å². The Kier molecular flexibility index (Phi) is 5.50. The summed E-state index contributed by atoms with van der Waals surface area (Å²) in [5.74, 6) is 0.310. The predicted molar refractivity (Wildman–Crippen MR) is 125 cm³/mol. The third kappa shape index (κ3) is 4.16. The summed E-state index contributed by atoms with van der Waals surface area (Å²) in [6, 6.07) is -0.558. The van der Waals surface area contributed by atoms with Gasteiger partial charge >= 0.3 is 0 Å². The van der Waals surface area contributed by atoms with Crippen molar-refractivity contribution in [2.75, 3.05) is 26.2 Å². The van der Waals surface area contributed by atoms with Crippen LogP contribution in [0.5, 0.6) is 0 Å². The zero-order valence-corrected chi connectivity index (χ0v) is 19.5. The zero-order chi connectivity index (χ0) is 23.2. The fourth-order valence-electron chi connectivity index (χ4n) is 5.45. The molecule has 2 aromatic heterocycles. The van der Waals surface area contributed by atoms with E-state index in [0.717, 1.165) is 70.2 Å². The second-order valence-corrected chi connectivity index (χ2v) is 10.4. The molecular formula is C25H32N6O3. The molecule has 2 atom stereocenters. The van der Waals surface area contributed by atoms with Crippen molar-refractivity contribution >= 4 is 28.9 Å². The standard InChI is InChI=1S/C25H32N6O3/c32-23(18-12-26-22-21(18)28-19(13-27-22)15-5-6-15)29-20(16-7-8-16)25(34)31-11-3-4-17(14-31)24(33)30-9-1-2-10-30/h12-13,15-17,20H,1-11,14H2,(H,26,27)(H,29,32)/t17-,20-/m1/s1. The first kappa shape index (κ1) is 21.6. The highest BCUT2D eigenvalue weighted by Gasteiger charge is 2.42. The smallest absolute Gasteiger partial charge is 0.255 e. The minimum atomic E-state index is -0.558. The Morgan fingerprint density at radius 3 is 2.50 bits per heavy atom. The minimum absolute atomic E-state index is 0.0561. The molecule has 2 saturated heterocycles. The van der Waals surface area contributed by atoms with Crippen molar-refractivity contribution < 1.29 is 14.4 Å². The molecule has 2 aromatic rings. The maximum absolute atomic E-state index is 13.5. The van der Waals surface area contributed by atoms with Crippen LogP contribution >= 0.6 is 0 Å². The van der Waals surface area contributed by atoms with Crippen molar-refractivity contribution in [3.05, 3.63) is 23.7 Å². The summed E-state index contributed by atoms with van der Waals surface area (Å²) in [6.07, 6.45) is 11.3. The predicted octanol–water partition coefficient (Wildman–Crippen LogP) is 2.20. The molecule has 3 amide bonds. The Labute approximate surface area is 198 Å². The maximum atomic E-state index is 13.5. The van der Waals surface area contributed by atoms with Crippen molar-refractivity contribution in [1.29, 1.82) is 0 Å². The van der Waals surface area contributed by atoms with Crippen molar-refractivity contribution in [3.8, 4) is 0 Å². The van der Waals surface area contributed by atoms with Gasteiger partial charge in [-0.1, -0.05) is 0 Å². The summed E-state index contributed by atoms with van der Waals surface area (Å²) in [5.41, 5.74) is 2.52. The SMILES string of the molecule is O=C(N[C@@H](C(=O)N1CCC[C@@H](C(=O)N2CCCC2)C1)C1CC1)c1c[nH]c2ncc(C3CC3)nc12. The largest absolute Gasteiger partial charge is 0.344 e. The number of nitrogens with zero attached hydrogens (tertiary/aromatic N) is 4. The first-order valence-corrected chi connectivity index (χ1v) is 12.8. The monoisotopic (exact) mass is 464 g/mol. The Morgan fingerprint density at radius 2 is 1.76 bits per heavy atom. The normalized spacial score (nSPS) is 23.8. The molecule has 0 radical (unpaired) electrons. The van der Waals surface area contributed by atoms with Crippen molar-refractivity contribution in [3.63, 3.8) is 0 Å². The van der Waals surface area contributed by atoms with Gasteiger partial charge in [0.15, 0.2) is 5.65 Å².